The molecule has 2 aromatic carbocycles. The van der Waals surface area contributed by atoms with Gasteiger partial charge >= 0.3 is 0 Å². The first-order chi connectivity index (χ1) is 17.3. The average molecular weight is 478 g/mol. The Hall–Kier alpha value is -4.39. The van der Waals surface area contributed by atoms with Gasteiger partial charge in [0.05, 0.1) is 12.2 Å². The van der Waals surface area contributed by atoms with Crippen molar-refractivity contribution in [3.63, 3.8) is 0 Å². The molecule has 0 aliphatic carbocycles. The van der Waals surface area contributed by atoms with Crippen LogP contribution in [0.2, 0.25) is 0 Å². The Balaban J connectivity index is 1.31. The Kier molecular flexibility index (Phi) is 4.96. The number of carbonyl (C=O) groups excluding carboxylic acids is 1. The molecule has 0 radical (unpaired) electrons. The number of hydrogen-bond donors (Lipinski definition) is 2. The summed E-state index contributed by atoms with van der Waals surface area (Å²) >= 11 is 0. The number of furan rings is 2. The molecule has 0 saturated heterocycles. The second-order valence-corrected chi connectivity index (χ2v) is 9.60. The smallest absolute Gasteiger partial charge is 0.251 e. The van der Waals surface area contributed by atoms with Gasteiger partial charge in [0, 0.05) is 45.0 Å². The lowest BCUT2D eigenvalue weighted by atomic mass is 10.00. The highest BCUT2D eigenvalue weighted by molar-refractivity contribution is 6.25. The van der Waals surface area contributed by atoms with E-state index in [0.29, 0.717) is 24.5 Å². The highest BCUT2D eigenvalue weighted by atomic mass is 16.3. The highest BCUT2D eigenvalue weighted by Gasteiger charge is 2.19. The summed E-state index contributed by atoms with van der Waals surface area (Å²) < 4.78 is 8.23. The third kappa shape index (κ3) is 3.55. The maximum absolute atomic E-state index is 13.0. The number of anilines is 1. The second kappa shape index (κ2) is 8.09. The van der Waals surface area contributed by atoms with E-state index in [2.05, 4.69) is 46.6 Å². The number of carbonyl (C=O) groups is 1. The fourth-order valence-electron chi connectivity index (χ4n) is 5.19. The Morgan fingerprint density at radius 1 is 0.944 bits per heavy atom. The van der Waals surface area contributed by atoms with Crippen LogP contribution in [-0.2, 0) is 13.1 Å². The number of aryl methyl sites for hydroxylation is 4. The van der Waals surface area contributed by atoms with Crippen molar-refractivity contribution >= 4 is 44.4 Å². The van der Waals surface area contributed by atoms with Crippen molar-refractivity contribution < 1.29 is 9.21 Å². The molecule has 7 heteroatoms. The van der Waals surface area contributed by atoms with E-state index in [1.165, 1.54) is 0 Å². The first-order valence-electron chi connectivity index (χ1n) is 12.0. The number of aromatic nitrogens is 3. The van der Waals surface area contributed by atoms with Crippen LogP contribution in [0.1, 0.15) is 44.1 Å². The van der Waals surface area contributed by atoms with Gasteiger partial charge in [-0.25, -0.2) is 4.98 Å². The number of pyridine rings is 1. The normalized spacial score (nSPS) is 11.8. The lowest BCUT2D eigenvalue weighted by molar-refractivity contribution is 0.0951. The minimum atomic E-state index is -0.139. The standard InChI is InChI=1S/C29H27N5O2/c1-15-9-26(30)32-18(4)25(15)13-31-29(35)20-6-8-22-24(12-20)28-23-11-19(5-7-21(23)27(22)36-28)14-34-17(3)10-16(2)33-34/h5-12H,13-14H2,1-4H3,(H2,30,32)(H,31,35). The molecule has 3 N–H and O–H groups in total. The van der Waals surface area contributed by atoms with E-state index < -0.39 is 0 Å². The number of nitrogens with two attached hydrogens (primary N) is 1. The molecular formula is C29H27N5O2. The predicted molar refractivity (Wildman–Crippen MR) is 143 cm³/mol. The zero-order valence-corrected chi connectivity index (χ0v) is 20.8. The molecule has 2 bridgehead atoms. The third-order valence-corrected chi connectivity index (χ3v) is 6.98. The van der Waals surface area contributed by atoms with E-state index in [4.69, 9.17) is 10.2 Å². The number of hydrogen-bond acceptors (Lipinski definition) is 5. The van der Waals surface area contributed by atoms with Crippen LogP contribution in [0.3, 0.4) is 0 Å². The molecule has 180 valence electrons. The number of benzene rings is 3. The van der Waals surface area contributed by atoms with Crippen LogP contribution >= 0.6 is 0 Å². The summed E-state index contributed by atoms with van der Waals surface area (Å²) in [6.45, 7) is 9.05. The Labute approximate surface area is 208 Å². The fourth-order valence-corrected chi connectivity index (χ4v) is 5.19. The van der Waals surface area contributed by atoms with Crippen molar-refractivity contribution in [2.24, 2.45) is 0 Å². The maximum atomic E-state index is 13.0. The molecule has 6 rings (SSSR count). The SMILES string of the molecule is Cc1cc(C)n(Cc2ccc3c(c2)c2oc3c3ccc(C(=O)NCc4c(C)cc(N)nc4C)cc32)n1. The summed E-state index contributed by atoms with van der Waals surface area (Å²) in [7, 11) is 0. The monoisotopic (exact) mass is 477 g/mol. The van der Waals surface area contributed by atoms with Crippen LogP contribution in [0.4, 0.5) is 5.82 Å². The van der Waals surface area contributed by atoms with Crippen LogP contribution in [0.5, 0.6) is 0 Å². The first-order valence-corrected chi connectivity index (χ1v) is 12.0. The van der Waals surface area contributed by atoms with E-state index in [1.54, 1.807) is 0 Å². The van der Waals surface area contributed by atoms with Gasteiger partial charge in [-0.1, -0.05) is 12.1 Å². The quantitative estimate of drug-likeness (QED) is 0.317. The minimum Gasteiger partial charge on any atom is -0.455 e. The van der Waals surface area contributed by atoms with E-state index in [9.17, 15) is 4.79 Å². The predicted octanol–water partition coefficient (Wildman–Crippen LogP) is 5.56. The third-order valence-electron chi connectivity index (χ3n) is 6.98. The molecule has 6 aromatic rings. The Bertz CT molecular complexity index is 1770. The lowest BCUT2D eigenvalue weighted by Crippen LogP contribution is -2.24. The van der Waals surface area contributed by atoms with Gasteiger partial charge in [-0.3, -0.25) is 9.48 Å². The average Bonchev–Trinajstić information content (AvgIpc) is 3.49. The molecule has 1 amide bonds. The molecule has 0 aliphatic heterocycles. The van der Waals surface area contributed by atoms with Gasteiger partial charge in [-0.2, -0.15) is 5.10 Å². The van der Waals surface area contributed by atoms with E-state index in [-0.39, 0.29) is 5.91 Å². The Morgan fingerprint density at radius 3 is 2.39 bits per heavy atom. The van der Waals surface area contributed by atoms with Crippen molar-refractivity contribution in [1.82, 2.24) is 20.1 Å². The number of rotatable bonds is 5. The summed E-state index contributed by atoms with van der Waals surface area (Å²) in [5.41, 5.74) is 14.2. The number of nitrogen functional groups attached to an aromatic ring is 1. The second-order valence-electron chi connectivity index (χ2n) is 9.60. The van der Waals surface area contributed by atoms with E-state index in [0.717, 1.165) is 66.5 Å². The molecule has 0 fully saturated rings. The van der Waals surface area contributed by atoms with E-state index in [1.807, 2.05) is 49.7 Å². The number of nitrogens with zero attached hydrogens (tertiary/aromatic N) is 3. The molecule has 0 aliphatic rings. The molecule has 0 spiro atoms. The Morgan fingerprint density at radius 2 is 1.67 bits per heavy atom. The zero-order valence-electron chi connectivity index (χ0n) is 20.8. The molecule has 0 atom stereocenters. The van der Waals surface area contributed by atoms with Gasteiger partial charge in [0.15, 0.2) is 0 Å². The van der Waals surface area contributed by atoms with Crippen LogP contribution in [0.25, 0.3) is 32.7 Å². The summed E-state index contributed by atoms with van der Waals surface area (Å²) in [6.07, 6.45) is 0. The molecule has 4 aromatic heterocycles. The summed E-state index contributed by atoms with van der Waals surface area (Å²) in [5.74, 6) is 0.349. The van der Waals surface area contributed by atoms with Gasteiger partial charge < -0.3 is 15.5 Å². The van der Waals surface area contributed by atoms with Gasteiger partial charge in [-0.05, 0) is 80.8 Å². The van der Waals surface area contributed by atoms with Crippen molar-refractivity contribution in [3.8, 4) is 0 Å². The summed E-state index contributed by atoms with van der Waals surface area (Å²) in [4.78, 5) is 17.3. The van der Waals surface area contributed by atoms with Crippen LogP contribution in [0.15, 0.2) is 52.9 Å². The van der Waals surface area contributed by atoms with Crippen molar-refractivity contribution in [2.75, 3.05) is 5.73 Å². The minimum absolute atomic E-state index is 0.139. The van der Waals surface area contributed by atoms with Crippen LogP contribution in [0, 0.1) is 27.7 Å². The summed E-state index contributed by atoms with van der Waals surface area (Å²) in [6, 6.07) is 16.1. The van der Waals surface area contributed by atoms with Crippen LogP contribution < -0.4 is 11.1 Å². The van der Waals surface area contributed by atoms with Gasteiger partial charge in [0.1, 0.15) is 17.0 Å². The highest BCUT2D eigenvalue weighted by Crippen LogP contribution is 2.41. The van der Waals surface area contributed by atoms with Crippen molar-refractivity contribution in [3.05, 3.63) is 87.9 Å². The van der Waals surface area contributed by atoms with Crippen LogP contribution in [-0.4, -0.2) is 20.7 Å². The first kappa shape index (κ1) is 22.1. The molecule has 36 heavy (non-hydrogen) atoms. The fraction of sp³-hybridized carbons (Fsp3) is 0.207. The molecule has 7 nitrogen and oxygen atoms in total. The van der Waals surface area contributed by atoms with Gasteiger partial charge in [0.25, 0.3) is 5.91 Å². The zero-order chi connectivity index (χ0) is 25.1. The number of nitrogens with one attached hydrogen (secondary N) is 1. The van der Waals surface area contributed by atoms with Crippen molar-refractivity contribution in [1.29, 1.82) is 0 Å². The largest absolute Gasteiger partial charge is 0.455 e. The molecule has 0 unspecified atom stereocenters. The summed E-state index contributed by atoms with van der Waals surface area (Å²) in [5, 5.41) is 11.7. The number of fused-ring (bicyclic) bond motifs is 8. The van der Waals surface area contributed by atoms with Gasteiger partial charge in [0.2, 0.25) is 0 Å². The molecule has 0 saturated carbocycles. The lowest BCUT2D eigenvalue weighted by Gasteiger charge is -2.11. The maximum Gasteiger partial charge on any atom is 0.251 e. The molecule has 4 heterocycles. The van der Waals surface area contributed by atoms with E-state index >= 15 is 0 Å². The molecular weight excluding hydrogens is 450 g/mol. The van der Waals surface area contributed by atoms with Crippen molar-refractivity contribution in [2.45, 2.75) is 40.8 Å². The topological polar surface area (TPSA) is 99.0 Å². The number of amides is 1. The van der Waals surface area contributed by atoms with Gasteiger partial charge in [-0.15, -0.1) is 0 Å².